The fraction of sp³-hybridized carbons (Fsp3) is 0.375. The molecule has 1 aromatic heterocycles. The number of ether oxygens (including phenoxy) is 1. The van der Waals surface area contributed by atoms with E-state index in [-0.39, 0.29) is 23.4 Å². The molecule has 4 rings (SSSR count). The second-order valence-electron chi connectivity index (χ2n) is 8.18. The maximum atomic E-state index is 14.7. The summed E-state index contributed by atoms with van der Waals surface area (Å²) < 4.78 is 21.7. The number of pyridine rings is 1. The van der Waals surface area contributed by atoms with Crippen molar-refractivity contribution < 1.29 is 13.9 Å². The van der Waals surface area contributed by atoms with Gasteiger partial charge in [0.2, 0.25) is 0 Å². The lowest BCUT2D eigenvalue weighted by atomic mass is 9.63. The zero-order valence-corrected chi connectivity index (χ0v) is 17.7. The molecule has 1 aliphatic rings. The predicted molar refractivity (Wildman–Crippen MR) is 117 cm³/mol. The highest BCUT2D eigenvalue weighted by Gasteiger charge is 2.43. The van der Waals surface area contributed by atoms with Crippen LogP contribution in [0.3, 0.4) is 0 Å². The monoisotopic (exact) mass is 428 g/mol. The van der Waals surface area contributed by atoms with E-state index < -0.39 is 0 Å². The summed E-state index contributed by atoms with van der Waals surface area (Å²) in [5.41, 5.74) is 6.86. The number of hydrogen-bond acceptors (Lipinski definition) is 3. The van der Waals surface area contributed by atoms with Gasteiger partial charge in [-0.3, -0.25) is 0 Å². The van der Waals surface area contributed by atoms with Crippen LogP contribution in [0.15, 0.2) is 54.9 Å². The Morgan fingerprint density at radius 3 is 2.67 bits per heavy atom. The molecule has 0 spiro atoms. The lowest BCUT2D eigenvalue weighted by molar-refractivity contribution is -0.603. The van der Waals surface area contributed by atoms with Gasteiger partial charge >= 0.3 is 0 Å². The Hall–Kier alpha value is -2.37. The molecule has 1 aliphatic carbocycles. The molecule has 158 valence electrons. The summed E-state index contributed by atoms with van der Waals surface area (Å²) in [6, 6.07) is 12.2. The molecule has 0 bridgehead atoms. The number of aromatic nitrogens is 1. The second kappa shape index (κ2) is 8.40. The maximum Gasteiger partial charge on any atom is 0.188 e. The molecular formula is C24H26ClFN2O2. The van der Waals surface area contributed by atoms with Crippen LogP contribution in [0.1, 0.15) is 44.6 Å². The summed E-state index contributed by atoms with van der Waals surface area (Å²) in [4.78, 5) is 0. The van der Waals surface area contributed by atoms with Crippen LogP contribution >= 0.6 is 11.6 Å². The van der Waals surface area contributed by atoms with E-state index in [1.165, 1.54) is 18.5 Å². The van der Waals surface area contributed by atoms with E-state index >= 15 is 0 Å². The fourth-order valence-corrected chi connectivity index (χ4v) is 4.98. The third-order valence-corrected chi connectivity index (χ3v) is 6.78. The topological polar surface area (TPSA) is 62.2 Å². The Morgan fingerprint density at radius 1 is 1.23 bits per heavy atom. The molecule has 1 heterocycles. The first kappa shape index (κ1) is 20.9. The lowest BCUT2D eigenvalue weighted by Gasteiger charge is -2.44. The van der Waals surface area contributed by atoms with Gasteiger partial charge in [0, 0.05) is 22.9 Å². The molecule has 1 atom stereocenters. The van der Waals surface area contributed by atoms with Crippen molar-refractivity contribution in [2.45, 2.75) is 56.6 Å². The van der Waals surface area contributed by atoms with Crippen molar-refractivity contribution in [1.29, 1.82) is 0 Å². The van der Waals surface area contributed by atoms with E-state index in [9.17, 15) is 9.60 Å². The average molecular weight is 429 g/mol. The smallest absolute Gasteiger partial charge is 0.188 e. The lowest BCUT2D eigenvalue weighted by Crippen LogP contribution is -2.49. The Bertz CT molecular complexity index is 1050. The van der Waals surface area contributed by atoms with Crippen molar-refractivity contribution in [3.63, 3.8) is 0 Å². The summed E-state index contributed by atoms with van der Waals surface area (Å²) in [5.74, 6) is 0.421. The van der Waals surface area contributed by atoms with Crippen LogP contribution in [0.4, 0.5) is 4.39 Å². The van der Waals surface area contributed by atoms with Crippen molar-refractivity contribution >= 4 is 22.4 Å². The molecule has 2 aromatic carbocycles. The van der Waals surface area contributed by atoms with Crippen molar-refractivity contribution in [1.82, 2.24) is 0 Å². The first-order chi connectivity index (χ1) is 14.4. The predicted octanol–water partition coefficient (Wildman–Crippen LogP) is 5.26. The molecule has 3 aromatic rings. The largest absolute Gasteiger partial charge is 0.619 e. The minimum absolute atomic E-state index is 0.0166. The molecule has 2 N–H and O–H groups in total. The fourth-order valence-electron chi connectivity index (χ4n) is 4.76. The normalized spacial score (nSPS) is 22.7. The molecule has 0 radical (unpaired) electrons. The van der Waals surface area contributed by atoms with Crippen molar-refractivity contribution in [2.24, 2.45) is 5.73 Å². The SMILES string of the molecule is CCC(N)C1(c2ccccc2F)CCC(Oc2cc3cc[n+]([O-])cc3cc2Cl)CC1. The van der Waals surface area contributed by atoms with E-state index in [1.54, 1.807) is 18.2 Å². The summed E-state index contributed by atoms with van der Waals surface area (Å²) in [5, 5.41) is 13.6. The number of nitrogens with two attached hydrogens (primary N) is 1. The van der Waals surface area contributed by atoms with E-state index in [0.717, 1.165) is 47.6 Å². The van der Waals surface area contributed by atoms with Crippen LogP contribution < -0.4 is 15.2 Å². The Balaban J connectivity index is 1.55. The second-order valence-corrected chi connectivity index (χ2v) is 8.59. The summed E-state index contributed by atoms with van der Waals surface area (Å²) in [7, 11) is 0. The zero-order chi connectivity index (χ0) is 21.3. The number of nitrogens with zero attached hydrogens (tertiary/aromatic N) is 1. The van der Waals surface area contributed by atoms with Crippen molar-refractivity contribution in [2.75, 3.05) is 0 Å². The van der Waals surface area contributed by atoms with E-state index in [0.29, 0.717) is 16.3 Å². The molecule has 30 heavy (non-hydrogen) atoms. The molecular weight excluding hydrogens is 403 g/mol. The number of benzene rings is 2. The quantitative estimate of drug-likeness (QED) is 0.445. The van der Waals surface area contributed by atoms with Gasteiger partial charge in [0.05, 0.1) is 11.1 Å². The highest BCUT2D eigenvalue weighted by Crippen LogP contribution is 2.44. The van der Waals surface area contributed by atoms with Gasteiger partial charge in [-0.05, 0) is 61.3 Å². The van der Waals surface area contributed by atoms with E-state index in [2.05, 4.69) is 6.92 Å². The van der Waals surface area contributed by atoms with Crippen LogP contribution in [0.2, 0.25) is 5.02 Å². The van der Waals surface area contributed by atoms with Gasteiger partial charge in [-0.2, -0.15) is 4.73 Å². The summed E-state index contributed by atoms with van der Waals surface area (Å²) >= 11 is 6.41. The van der Waals surface area contributed by atoms with Crippen molar-refractivity contribution in [3.05, 3.63) is 76.5 Å². The molecule has 4 nitrogen and oxygen atoms in total. The van der Waals surface area contributed by atoms with E-state index in [4.69, 9.17) is 22.1 Å². The third kappa shape index (κ3) is 3.84. The average Bonchev–Trinajstić information content (AvgIpc) is 2.75. The maximum absolute atomic E-state index is 14.7. The molecule has 0 amide bonds. The first-order valence-corrected chi connectivity index (χ1v) is 10.8. The van der Waals surface area contributed by atoms with Gasteiger partial charge in [0.1, 0.15) is 11.6 Å². The highest BCUT2D eigenvalue weighted by molar-refractivity contribution is 6.32. The van der Waals surface area contributed by atoms with Crippen molar-refractivity contribution in [3.8, 4) is 5.75 Å². The first-order valence-electron chi connectivity index (χ1n) is 10.4. The van der Waals surface area contributed by atoms with Gasteiger partial charge in [0.15, 0.2) is 12.4 Å². The highest BCUT2D eigenvalue weighted by atomic mass is 35.5. The number of halogens is 2. The van der Waals surface area contributed by atoms with Crippen LogP contribution in [0.5, 0.6) is 5.75 Å². The Kier molecular flexibility index (Phi) is 5.85. The van der Waals surface area contributed by atoms with Gasteiger partial charge < -0.3 is 15.7 Å². The van der Waals surface area contributed by atoms with E-state index in [1.807, 2.05) is 18.2 Å². The standard InChI is InChI=1S/C24H26ClFN2O2/c1-2-23(27)24(19-5-3-4-6-21(19)26)10-7-18(8-11-24)30-22-14-16-9-12-28(29)15-17(16)13-20(22)25/h3-6,9,12-15,18,23H,2,7-8,10-11,27H2,1H3. The van der Waals surface area contributed by atoms with Crippen LogP contribution in [-0.2, 0) is 5.41 Å². The molecule has 0 saturated heterocycles. The molecule has 6 heteroatoms. The third-order valence-electron chi connectivity index (χ3n) is 6.48. The number of hydrogen-bond donors (Lipinski definition) is 1. The van der Waals surface area contributed by atoms with Gasteiger partial charge in [0.25, 0.3) is 0 Å². The molecule has 1 fully saturated rings. The molecule has 1 unspecified atom stereocenters. The molecule has 0 aliphatic heterocycles. The van der Waals surface area contributed by atoms with Crippen LogP contribution in [0, 0.1) is 11.0 Å². The minimum atomic E-state index is -0.380. The minimum Gasteiger partial charge on any atom is -0.619 e. The van der Waals surface area contributed by atoms with Gasteiger partial charge in [-0.25, -0.2) is 4.39 Å². The van der Waals surface area contributed by atoms with Gasteiger partial charge in [-0.1, -0.05) is 36.7 Å². The zero-order valence-electron chi connectivity index (χ0n) is 17.0. The number of fused-ring (bicyclic) bond motifs is 1. The summed E-state index contributed by atoms with van der Waals surface area (Å²) in [6.45, 7) is 2.05. The Labute approximate surface area is 181 Å². The molecule has 1 saturated carbocycles. The van der Waals surface area contributed by atoms with Crippen LogP contribution in [0.25, 0.3) is 10.8 Å². The van der Waals surface area contributed by atoms with Gasteiger partial charge in [-0.15, -0.1) is 0 Å². The Morgan fingerprint density at radius 2 is 1.97 bits per heavy atom. The summed E-state index contributed by atoms with van der Waals surface area (Å²) in [6.07, 6.45) is 6.77. The number of rotatable bonds is 5. The van der Waals surface area contributed by atoms with Crippen LogP contribution in [-0.4, -0.2) is 12.1 Å².